The maximum absolute atomic E-state index is 12.9. The van der Waals surface area contributed by atoms with Gasteiger partial charge in [-0.05, 0) is 141 Å². The maximum atomic E-state index is 12.9. The van der Waals surface area contributed by atoms with Crippen molar-refractivity contribution in [1.29, 1.82) is 0 Å². The van der Waals surface area contributed by atoms with E-state index in [1.54, 1.807) is 0 Å². The zero-order chi connectivity index (χ0) is 59.2. The van der Waals surface area contributed by atoms with Gasteiger partial charge in [-0.2, -0.15) is 0 Å². The zero-order valence-electron chi connectivity index (χ0n) is 53.2. The van der Waals surface area contributed by atoms with Crippen molar-refractivity contribution in [3.63, 3.8) is 0 Å². The molecule has 0 aliphatic rings. The topological polar surface area (TPSA) is 78.9 Å². The van der Waals surface area contributed by atoms with E-state index in [9.17, 15) is 14.4 Å². The lowest BCUT2D eigenvalue weighted by atomic mass is 10.1. The number of esters is 3. The van der Waals surface area contributed by atoms with E-state index >= 15 is 0 Å². The van der Waals surface area contributed by atoms with Crippen LogP contribution in [-0.2, 0) is 28.6 Å². The van der Waals surface area contributed by atoms with Crippen molar-refractivity contribution in [2.75, 3.05) is 13.2 Å². The third-order valence-corrected chi connectivity index (χ3v) is 14.0. The van der Waals surface area contributed by atoms with Crippen LogP contribution in [0, 0.1) is 0 Å². The minimum absolute atomic E-state index is 0.0952. The van der Waals surface area contributed by atoms with Crippen LogP contribution in [0.5, 0.6) is 0 Å². The standard InChI is InChI=1S/C76H124O6/c1-4-7-10-13-16-19-22-24-26-28-30-31-32-33-34-35-36-37-38-39-40-41-42-43-44-45-46-48-49-51-54-57-60-63-66-69-75(78)81-72-73(71-80-74(77)68-65-62-59-56-53-21-18-15-12-9-6-3)82-76(79)70-67-64-61-58-55-52-50-47-29-27-25-23-20-17-14-11-8-5-2/h7,10,15-16,18-19,24,26-27,29-31,33-34,36-37,39-40,42-43,45-46,49,51,73H,4-6,8-9,11-14,17,20-23,25,28,32,35,38,41,44,47-48,50,52-72H2,1-3H3/b10-7-,18-15-,19-16-,26-24-,29-27-,31-30-,34-33-,37-36-,40-39-,43-42-,46-45-,51-49-. The van der Waals surface area contributed by atoms with Crippen molar-refractivity contribution >= 4 is 17.9 Å². The molecule has 464 valence electrons. The lowest BCUT2D eigenvalue weighted by Crippen LogP contribution is -2.30. The Balaban J connectivity index is 4.31. The molecule has 0 bridgehead atoms. The van der Waals surface area contributed by atoms with Crippen LogP contribution in [0.3, 0.4) is 0 Å². The molecule has 0 rings (SSSR count). The van der Waals surface area contributed by atoms with Crippen LogP contribution in [0.2, 0.25) is 0 Å². The summed E-state index contributed by atoms with van der Waals surface area (Å²) in [6.07, 6.45) is 98.7. The third kappa shape index (κ3) is 66.1. The highest BCUT2D eigenvalue weighted by atomic mass is 16.6. The summed E-state index contributed by atoms with van der Waals surface area (Å²) in [5.41, 5.74) is 0. The summed E-state index contributed by atoms with van der Waals surface area (Å²) >= 11 is 0. The summed E-state index contributed by atoms with van der Waals surface area (Å²) in [6.45, 7) is 6.46. The highest BCUT2D eigenvalue weighted by molar-refractivity contribution is 5.71. The van der Waals surface area contributed by atoms with E-state index in [-0.39, 0.29) is 31.1 Å². The van der Waals surface area contributed by atoms with Crippen LogP contribution >= 0.6 is 0 Å². The number of carbonyl (C=O) groups excluding carboxylic acids is 3. The molecule has 0 saturated carbocycles. The quantitative estimate of drug-likeness (QED) is 0.0261. The lowest BCUT2D eigenvalue weighted by molar-refractivity contribution is -0.167. The van der Waals surface area contributed by atoms with Gasteiger partial charge in [0.05, 0.1) is 0 Å². The Morgan fingerprint density at radius 3 is 0.793 bits per heavy atom. The molecule has 0 aliphatic heterocycles. The summed E-state index contributed by atoms with van der Waals surface area (Å²) in [5.74, 6) is -0.933. The Kier molecular flexibility index (Phi) is 64.8. The Morgan fingerprint density at radius 2 is 0.488 bits per heavy atom. The van der Waals surface area contributed by atoms with Crippen molar-refractivity contribution in [1.82, 2.24) is 0 Å². The number of hydrogen-bond acceptors (Lipinski definition) is 6. The van der Waals surface area contributed by atoms with Gasteiger partial charge in [0.25, 0.3) is 0 Å². The number of carbonyl (C=O) groups is 3. The number of rotatable bonds is 60. The molecule has 0 radical (unpaired) electrons. The van der Waals surface area contributed by atoms with Gasteiger partial charge in [-0.1, -0.05) is 282 Å². The smallest absolute Gasteiger partial charge is 0.306 e. The molecule has 6 nitrogen and oxygen atoms in total. The SMILES string of the molecule is CC/C=C\C/C=C\C/C=C\C/C=C\C/C=C\C/C=C\C/C=C\C/C=C\C/C=C\C/C=C\CCCCCCC(=O)OCC(COC(=O)CCCCCCC/C=C\CCCC)OC(=O)CCCCCCCCC/C=C\CCCCCCCCC. The lowest BCUT2D eigenvalue weighted by Gasteiger charge is -2.18. The van der Waals surface area contributed by atoms with Crippen molar-refractivity contribution in [3.05, 3.63) is 146 Å². The Hall–Kier alpha value is -4.71. The molecule has 0 amide bonds. The van der Waals surface area contributed by atoms with E-state index in [1.165, 1.54) is 109 Å². The zero-order valence-corrected chi connectivity index (χ0v) is 53.2. The first-order valence-electron chi connectivity index (χ1n) is 33.8. The van der Waals surface area contributed by atoms with Gasteiger partial charge in [0.1, 0.15) is 13.2 Å². The molecule has 0 aromatic carbocycles. The highest BCUT2D eigenvalue weighted by Crippen LogP contribution is 2.15. The van der Waals surface area contributed by atoms with Gasteiger partial charge in [0.2, 0.25) is 0 Å². The molecule has 0 aliphatic carbocycles. The van der Waals surface area contributed by atoms with Crippen LogP contribution in [0.25, 0.3) is 0 Å². The minimum atomic E-state index is -0.800. The predicted octanol–water partition coefficient (Wildman–Crippen LogP) is 23.5. The molecule has 0 aromatic rings. The largest absolute Gasteiger partial charge is 0.462 e. The van der Waals surface area contributed by atoms with Crippen molar-refractivity contribution < 1.29 is 28.6 Å². The van der Waals surface area contributed by atoms with Crippen molar-refractivity contribution in [3.8, 4) is 0 Å². The first-order chi connectivity index (χ1) is 40.5. The van der Waals surface area contributed by atoms with Gasteiger partial charge in [0, 0.05) is 19.3 Å². The van der Waals surface area contributed by atoms with E-state index < -0.39 is 6.10 Å². The second kappa shape index (κ2) is 68.8. The van der Waals surface area contributed by atoms with E-state index in [0.29, 0.717) is 19.3 Å². The fourth-order valence-electron chi connectivity index (χ4n) is 8.98. The van der Waals surface area contributed by atoms with Gasteiger partial charge < -0.3 is 14.2 Å². The van der Waals surface area contributed by atoms with Crippen LogP contribution in [0.4, 0.5) is 0 Å². The molecule has 0 fully saturated rings. The molecule has 0 N–H and O–H groups in total. The number of allylic oxidation sites excluding steroid dienone is 24. The fraction of sp³-hybridized carbons (Fsp3) is 0.645. The van der Waals surface area contributed by atoms with Crippen LogP contribution in [0.1, 0.15) is 297 Å². The van der Waals surface area contributed by atoms with Gasteiger partial charge in [-0.15, -0.1) is 0 Å². The molecule has 82 heavy (non-hydrogen) atoms. The average Bonchev–Trinajstić information content (AvgIpc) is 3.47. The van der Waals surface area contributed by atoms with Crippen LogP contribution in [0.15, 0.2) is 146 Å². The summed E-state index contributed by atoms with van der Waals surface area (Å²) in [6, 6.07) is 0. The summed E-state index contributed by atoms with van der Waals surface area (Å²) < 4.78 is 16.9. The molecule has 1 unspecified atom stereocenters. The Morgan fingerprint density at radius 1 is 0.256 bits per heavy atom. The molecule has 0 spiro atoms. The molecular weight excluding hydrogens is 1010 g/mol. The molecule has 1 atom stereocenters. The summed E-state index contributed by atoms with van der Waals surface area (Å²) in [4.78, 5) is 38.3. The second-order valence-corrected chi connectivity index (χ2v) is 22.0. The second-order valence-electron chi connectivity index (χ2n) is 22.0. The van der Waals surface area contributed by atoms with E-state index in [2.05, 4.69) is 167 Å². The summed E-state index contributed by atoms with van der Waals surface area (Å²) in [7, 11) is 0. The number of hydrogen-bond donors (Lipinski definition) is 0. The Labute approximate surface area is 506 Å². The van der Waals surface area contributed by atoms with Crippen LogP contribution in [-0.4, -0.2) is 37.2 Å². The fourth-order valence-corrected chi connectivity index (χ4v) is 8.98. The van der Waals surface area contributed by atoms with Gasteiger partial charge in [0.15, 0.2) is 6.10 Å². The average molecular weight is 1130 g/mol. The van der Waals surface area contributed by atoms with E-state index in [0.717, 1.165) is 148 Å². The number of ether oxygens (including phenoxy) is 3. The first kappa shape index (κ1) is 77.3. The van der Waals surface area contributed by atoms with E-state index in [4.69, 9.17) is 14.2 Å². The van der Waals surface area contributed by atoms with Gasteiger partial charge in [-0.25, -0.2) is 0 Å². The van der Waals surface area contributed by atoms with Crippen molar-refractivity contribution in [2.24, 2.45) is 0 Å². The highest BCUT2D eigenvalue weighted by Gasteiger charge is 2.19. The van der Waals surface area contributed by atoms with Crippen LogP contribution < -0.4 is 0 Å². The molecule has 0 aromatic heterocycles. The predicted molar refractivity (Wildman–Crippen MR) is 357 cm³/mol. The first-order valence-corrected chi connectivity index (χ1v) is 33.8. The van der Waals surface area contributed by atoms with Gasteiger partial charge in [-0.3, -0.25) is 14.4 Å². The third-order valence-electron chi connectivity index (χ3n) is 14.0. The maximum Gasteiger partial charge on any atom is 0.306 e. The van der Waals surface area contributed by atoms with E-state index in [1.807, 2.05) is 0 Å². The summed E-state index contributed by atoms with van der Waals surface area (Å²) in [5, 5.41) is 0. The van der Waals surface area contributed by atoms with Crippen molar-refractivity contribution in [2.45, 2.75) is 303 Å². The molecular formula is C76H124O6. The minimum Gasteiger partial charge on any atom is -0.462 e. The normalized spacial score (nSPS) is 13.1. The monoisotopic (exact) mass is 1130 g/mol. The number of unbranched alkanes of at least 4 members (excludes halogenated alkanes) is 25. The Bertz CT molecular complexity index is 1780. The molecule has 0 saturated heterocycles. The van der Waals surface area contributed by atoms with Gasteiger partial charge >= 0.3 is 17.9 Å². The molecule has 6 heteroatoms. The molecule has 0 heterocycles.